The van der Waals surface area contributed by atoms with Gasteiger partial charge >= 0.3 is 0 Å². The minimum absolute atomic E-state index is 0.331. The van der Waals surface area contributed by atoms with Gasteiger partial charge in [-0.25, -0.2) is 4.39 Å². The van der Waals surface area contributed by atoms with E-state index in [2.05, 4.69) is 0 Å². The first-order valence-electron chi connectivity index (χ1n) is 4.11. The van der Waals surface area contributed by atoms with Crippen LogP contribution in [0.4, 0.5) is 4.39 Å². The molecule has 1 rings (SSSR count). The Balaban J connectivity index is 3.08. The number of hydrogen-bond acceptors (Lipinski definition) is 1. The van der Waals surface area contributed by atoms with Gasteiger partial charge < -0.3 is 5.11 Å². The fourth-order valence-corrected chi connectivity index (χ4v) is 1.13. The van der Waals surface area contributed by atoms with Crippen molar-refractivity contribution in [2.75, 3.05) is 0 Å². The molecule has 0 aromatic heterocycles. The summed E-state index contributed by atoms with van der Waals surface area (Å²) in [6.45, 7) is 3.57. The van der Waals surface area contributed by atoms with Crippen molar-refractivity contribution >= 4 is 0 Å². The van der Waals surface area contributed by atoms with Gasteiger partial charge in [0, 0.05) is 5.56 Å². The van der Waals surface area contributed by atoms with E-state index in [0.29, 0.717) is 5.56 Å². The summed E-state index contributed by atoms with van der Waals surface area (Å²) in [7, 11) is 0. The molecule has 1 aromatic carbocycles. The zero-order valence-electron chi connectivity index (χ0n) is 7.34. The van der Waals surface area contributed by atoms with Crippen LogP contribution in [-0.4, -0.2) is 5.11 Å². The van der Waals surface area contributed by atoms with Gasteiger partial charge in [0.05, 0.1) is 6.10 Å². The summed E-state index contributed by atoms with van der Waals surface area (Å²) in [6.07, 6.45) is 0.136. The van der Waals surface area contributed by atoms with Gasteiger partial charge in [0.25, 0.3) is 0 Å². The van der Waals surface area contributed by atoms with Gasteiger partial charge in [-0.15, -0.1) is 0 Å². The van der Waals surface area contributed by atoms with E-state index in [9.17, 15) is 9.50 Å². The van der Waals surface area contributed by atoms with E-state index >= 15 is 0 Å². The quantitative estimate of drug-likeness (QED) is 0.719. The minimum Gasteiger partial charge on any atom is -0.389 e. The first kappa shape index (κ1) is 9.20. The molecule has 0 aliphatic heterocycles. The second-order valence-corrected chi connectivity index (χ2v) is 2.89. The maximum absolute atomic E-state index is 13.0. The highest BCUT2D eigenvalue weighted by Gasteiger charge is 2.07. The minimum atomic E-state index is -0.725. The molecule has 0 saturated heterocycles. The van der Waals surface area contributed by atoms with Crippen LogP contribution in [0, 0.1) is 5.82 Å². The van der Waals surface area contributed by atoms with E-state index < -0.39 is 6.10 Å². The van der Waals surface area contributed by atoms with Gasteiger partial charge in [-0.05, 0) is 25.0 Å². The molecule has 1 unspecified atom stereocenters. The van der Waals surface area contributed by atoms with Crippen LogP contribution in [0.5, 0.6) is 0 Å². The average molecular weight is 168 g/mol. The summed E-state index contributed by atoms with van der Waals surface area (Å²) < 4.78 is 13.0. The number of aliphatic hydroxyl groups excluding tert-OH is 1. The molecule has 0 heterocycles. The van der Waals surface area contributed by atoms with Crippen molar-refractivity contribution in [3.05, 3.63) is 35.1 Å². The van der Waals surface area contributed by atoms with Crippen molar-refractivity contribution in [3.8, 4) is 0 Å². The Morgan fingerprint density at radius 3 is 2.67 bits per heavy atom. The summed E-state index contributed by atoms with van der Waals surface area (Å²) in [5.41, 5.74) is 1.43. The second-order valence-electron chi connectivity index (χ2n) is 2.89. The number of halogens is 1. The first-order valence-corrected chi connectivity index (χ1v) is 4.11. The molecule has 0 aliphatic rings. The van der Waals surface area contributed by atoms with Gasteiger partial charge in [-0.3, -0.25) is 0 Å². The van der Waals surface area contributed by atoms with Crippen molar-refractivity contribution in [1.29, 1.82) is 0 Å². The maximum Gasteiger partial charge on any atom is 0.129 e. The van der Waals surface area contributed by atoms with E-state index in [0.717, 1.165) is 12.0 Å². The molecule has 1 atom stereocenters. The van der Waals surface area contributed by atoms with Gasteiger partial charge in [-0.1, -0.05) is 19.1 Å². The third-order valence-corrected chi connectivity index (χ3v) is 1.92. The molecule has 1 nitrogen and oxygen atoms in total. The molecular weight excluding hydrogens is 155 g/mol. The normalized spacial score (nSPS) is 13.0. The molecule has 0 spiro atoms. The SMILES string of the molecule is CCc1ccc(F)c(C(C)O)c1. The highest BCUT2D eigenvalue weighted by molar-refractivity contribution is 5.26. The first-order chi connectivity index (χ1) is 5.65. The lowest BCUT2D eigenvalue weighted by Crippen LogP contribution is -1.97. The second kappa shape index (κ2) is 3.68. The Morgan fingerprint density at radius 2 is 2.17 bits per heavy atom. The monoisotopic (exact) mass is 168 g/mol. The number of benzene rings is 1. The van der Waals surface area contributed by atoms with Crippen LogP contribution in [-0.2, 0) is 6.42 Å². The van der Waals surface area contributed by atoms with Gasteiger partial charge in [0.15, 0.2) is 0 Å². The standard InChI is InChI=1S/C10H13FO/c1-3-8-4-5-10(11)9(6-8)7(2)12/h4-7,12H,3H2,1-2H3. The fourth-order valence-electron chi connectivity index (χ4n) is 1.13. The summed E-state index contributed by atoms with van der Waals surface area (Å²) in [6, 6.07) is 4.85. The van der Waals surface area contributed by atoms with Crippen molar-refractivity contribution in [3.63, 3.8) is 0 Å². The Morgan fingerprint density at radius 1 is 1.50 bits per heavy atom. The lowest BCUT2D eigenvalue weighted by atomic mass is 10.1. The van der Waals surface area contributed by atoms with Crippen LogP contribution >= 0.6 is 0 Å². The highest BCUT2D eigenvalue weighted by Crippen LogP contribution is 2.18. The molecule has 1 N–H and O–H groups in total. The predicted molar refractivity (Wildman–Crippen MR) is 46.4 cm³/mol. The zero-order chi connectivity index (χ0) is 9.14. The molecule has 0 fully saturated rings. The molecule has 1 aromatic rings. The number of aryl methyl sites for hydroxylation is 1. The van der Waals surface area contributed by atoms with E-state index in [4.69, 9.17) is 0 Å². The van der Waals surface area contributed by atoms with Gasteiger partial charge in [0.2, 0.25) is 0 Å². The Hall–Kier alpha value is -0.890. The predicted octanol–water partition coefficient (Wildman–Crippen LogP) is 2.44. The molecule has 66 valence electrons. The van der Waals surface area contributed by atoms with Crippen LogP contribution in [0.15, 0.2) is 18.2 Å². The van der Waals surface area contributed by atoms with E-state index in [1.807, 2.05) is 6.92 Å². The van der Waals surface area contributed by atoms with E-state index in [1.54, 1.807) is 19.1 Å². The summed E-state index contributed by atoms with van der Waals surface area (Å²) >= 11 is 0. The van der Waals surface area contributed by atoms with Crippen LogP contribution in [0.3, 0.4) is 0 Å². The molecule has 0 radical (unpaired) electrons. The zero-order valence-corrected chi connectivity index (χ0v) is 7.34. The van der Waals surface area contributed by atoms with Gasteiger partial charge in [-0.2, -0.15) is 0 Å². The summed E-state index contributed by atoms with van der Waals surface area (Å²) in [4.78, 5) is 0. The Labute approximate surface area is 71.9 Å². The lowest BCUT2D eigenvalue weighted by Gasteiger charge is -2.07. The molecule has 0 aliphatic carbocycles. The summed E-state index contributed by atoms with van der Waals surface area (Å²) in [5.74, 6) is -0.331. The Bertz CT molecular complexity index is 269. The van der Waals surface area contributed by atoms with Crippen LogP contribution in [0.1, 0.15) is 31.1 Å². The third-order valence-electron chi connectivity index (χ3n) is 1.92. The molecule has 12 heavy (non-hydrogen) atoms. The molecule has 2 heteroatoms. The van der Waals surface area contributed by atoms with Gasteiger partial charge in [0.1, 0.15) is 5.82 Å². The van der Waals surface area contributed by atoms with Crippen molar-refractivity contribution < 1.29 is 9.50 Å². The van der Waals surface area contributed by atoms with Crippen molar-refractivity contribution in [2.45, 2.75) is 26.4 Å². The highest BCUT2D eigenvalue weighted by atomic mass is 19.1. The van der Waals surface area contributed by atoms with Crippen LogP contribution in [0.25, 0.3) is 0 Å². The fraction of sp³-hybridized carbons (Fsp3) is 0.400. The molecule has 0 bridgehead atoms. The topological polar surface area (TPSA) is 20.2 Å². The number of aliphatic hydroxyl groups is 1. The van der Waals surface area contributed by atoms with E-state index in [-0.39, 0.29) is 5.82 Å². The smallest absolute Gasteiger partial charge is 0.129 e. The van der Waals surface area contributed by atoms with Crippen molar-refractivity contribution in [1.82, 2.24) is 0 Å². The van der Waals surface area contributed by atoms with Crippen LogP contribution < -0.4 is 0 Å². The molecule has 0 saturated carbocycles. The molecular formula is C10H13FO. The average Bonchev–Trinajstić information content (AvgIpc) is 2.05. The maximum atomic E-state index is 13.0. The number of hydrogen-bond donors (Lipinski definition) is 1. The third kappa shape index (κ3) is 1.83. The largest absolute Gasteiger partial charge is 0.389 e. The number of rotatable bonds is 2. The van der Waals surface area contributed by atoms with Crippen LogP contribution in [0.2, 0.25) is 0 Å². The lowest BCUT2D eigenvalue weighted by molar-refractivity contribution is 0.194. The Kier molecular flexibility index (Phi) is 2.82. The molecule has 0 amide bonds. The summed E-state index contributed by atoms with van der Waals surface area (Å²) in [5, 5.41) is 9.18. The van der Waals surface area contributed by atoms with E-state index in [1.165, 1.54) is 6.07 Å². The van der Waals surface area contributed by atoms with Crippen molar-refractivity contribution in [2.24, 2.45) is 0 Å².